The van der Waals surface area contributed by atoms with Crippen molar-refractivity contribution in [2.45, 2.75) is 64.2 Å². The van der Waals surface area contributed by atoms with Crippen molar-refractivity contribution in [3.63, 3.8) is 0 Å². The van der Waals surface area contributed by atoms with Gasteiger partial charge in [-0.25, -0.2) is 23.3 Å². The van der Waals surface area contributed by atoms with E-state index in [1.165, 1.54) is 23.2 Å². The number of rotatable bonds is 4. The number of halogens is 2. The van der Waals surface area contributed by atoms with Crippen LogP contribution in [0.15, 0.2) is 35.5 Å². The van der Waals surface area contributed by atoms with Gasteiger partial charge in [-0.3, -0.25) is 12.2 Å². The Kier molecular flexibility index (Phi) is 16.3. The number of hydrogen-bond donors (Lipinski definition) is 0. The van der Waals surface area contributed by atoms with Gasteiger partial charge < -0.3 is 0 Å². The molecular weight excluding hydrogens is 522 g/mol. The summed E-state index contributed by atoms with van der Waals surface area (Å²) >= 11 is 0. The van der Waals surface area contributed by atoms with Crippen LogP contribution in [0.1, 0.15) is 12.8 Å². The summed E-state index contributed by atoms with van der Waals surface area (Å²) in [6.07, 6.45) is 17.6. The normalized spacial score (nSPS) is 15.4. The molecular formula is C18H32Cl2HfSi2-2. The first-order valence-corrected chi connectivity index (χ1v) is 15.1. The minimum atomic E-state index is -0.873. The summed E-state index contributed by atoms with van der Waals surface area (Å²) in [5.74, 6) is 0. The second kappa shape index (κ2) is 13.1. The predicted molar refractivity (Wildman–Crippen MR) is 112 cm³/mol. The third kappa shape index (κ3) is 16.1. The van der Waals surface area contributed by atoms with Crippen LogP contribution in [-0.2, 0) is 25.8 Å². The van der Waals surface area contributed by atoms with Gasteiger partial charge in [0.05, 0.1) is 0 Å². The predicted octanol–water partition coefficient (Wildman–Crippen LogP) is 6.87. The molecule has 2 aliphatic rings. The molecule has 23 heavy (non-hydrogen) atoms. The van der Waals surface area contributed by atoms with Crippen molar-refractivity contribution in [2.75, 3.05) is 0 Å². The minimum absolute atomic E-state index is 0. The van der Waals surface area contributed by atoms with Crippen molar-refractivity contribution < 1.29 is 25.8 Å². The van der Waals surface area contributed by atoms with E-state index < -0.39 is 16.1 Å². The van der Waals surface area contributed by atoms with Gasteiger partial charge in [0.2, 0.25) is 0 Å². The van der Waals surface area contributed by atoms with Crippen LogP contribution in [0.2, 0.25) is 51.4 Å². The molecule has 0 fully saturated rings. The smallest absolute Gasteiger partial charge is 0.0456 e. The first kappa shape index (κ1) is 28.6. The maximum Gasteiger partial charge on any atom is 0.0456 e. The summed E-state index contributed by atoms with van der Waals surface area (Å²) < 4.78 is 0. The van der Waals surface area contributed by atoms with E-state index in [1.54, 1.807) is 0 Å². The molecule has 0 unspecified atom stereocenters. The van der Waals surface area contributed by atoms with Crippen LogP contribution in [0, 0.1) is 12.2 Å². The molecule has 0 amide bonds. The fraction of sp³-hybridized carbons (Fsp3) is 0.556. The first-order chi connectivity index (χ1) is 9.16. The van der Waals surface area contributed by atoms with E-state index in [1.807, 2.05) is 0 Å². The van der Waals surface area contributed by atoms with E-state index in [-0.39, 0.29) is 50.7 Å². The molecule has 0 aromatic rings. The van der Waals surface area contributed by atoms with Crippen molar-refractivity contribution in [1.82, 2.24) is 0 Å². The van der Waals surface area contributed by atoms with Crippen LogP contribution in [0.3, 0.4) is 0 Å². The molecule has 132 valence electrons. The van der Waals surface area contributed by atoms with Gasteiger partial charge >= 0.3 is 0 Å². The van der Waals surface area contributed by atoms with Gasteiger partial charge in [-0.1, -0.05) is 51.4 Å². The van der Waals surface area contributed by atoms with Crippen LogP contribution in [0.5, 0.6) is 0 Å². The Bertz CT molecular complexity index is 397. The Balaban J connectivity index is -0.000000308. The van der Waals surface area contributed by atoms with Gasteiger partial charge in [0.1, 0.15) is 0 Å². The third-order valence-electron chi connectivity index (χ3n) is 2.97. The fourth-order valence-corrected chi connectivity index (χ4v) is 5.06. The third-order valence-corrected chi connectivity index (χ3v) is 5.86. The standard InChI is InChI=1S/2C9H15Si.2ClH.Hf/c2*1-10(2,3)8-9-6-4-5-7-9;;;/h2*4,6H,5,8H2,1-3H3;2*1H;/q2*-1;;;. The summed E-state index contributed by atoms with van der Waals surface area (Å²) in [7, 11) is -1.75. The molecule has 0 saturated heterocycles. The van der Waals surface area contributed by atoms with E-state index in [0.29, 0.717) is 0 Å². The van der Waals surface area contributed by atoms with Crippen LogP contribution < -0.4 is 0 Å². The Morgan fingerprint density at radius 1 is 0.739 bits per heavy atom. The quantitative estimate of drug-likeness (QED) is 0.263. The zero-order chi connectivity index (χ0) is 15.2. The average Bonchev–Trinajstić information content (AvgIpc) is 2.87. The molecule has 2 aliphatic carbocycles. The van der Waals surface area contributed by atoms with Crippen molar-refractivity contribution in [2.24, 2.45) is 0 Å². The van der Waals surface area contributed by atoms with Crippen LogP contribution >= 0.6 is 24.8 Å². The average molecular weight is 554 g/mol. The Morgan fingerprint density at radius 3 is 1.22 bits per heavy atom. The van der Waals surface area contributed by atoms with E-state index >= 15 is 0 Å². The maximum absolute atomic E-state index is 3.35. The van der Waals surface area contributed by atoms with Crippen molar-refractivity contribution in [3.05, 3.63) is 47.6 Å². The maximum atomic E-state index is 3.35. The Hall–Kier alpha value is 0.844. The van der Waals surface area contributed by atoms with Gasteiger partial charge in [-0.05, 0) is 0 Å². The minimum Gasteiger partial charge on any atom is -0.270 e. The molecule has 0 N–H and O–H groups in total. The van der Waals surface area contributed by atoms with Crippen LogP contribution in [0.4, 0.5) is 0 Å². The van der Waals surface area contributed by atoms with E-state index in [9.17, 15) is 0 Å². The number of allylic oxidation sites excluding steroid dienone is 8. The molecule has 0 aromatic heterocycles. The van der Waals surface area contributed by atoms with Crippen molar-refractivity contribution >= 4 is 41.0 Å². The zero-order valence-corrected chi connectivity index (χ0v) is 22.7. The largest absolute Gasteiger partial charge is 0.270 e. The van der Waals surface area contributed by atoms with Crippen molar-refractivity contribution in [3.8, 4) is 0 Å². The fourth-order valence-electron chi connectivity index (χ4n) is 2.29. The molecule has 0 nitrogen and oxygen atoms in total. The molecule has 0 aromatic carbocycles. The Morgan fingerprint density at radius 2 is 1.04 bits per heavy atom. The molecule has 0 bridgehead atoms. The van der Waals surface area contributed by atoms with Gasteiger partial charge in [-0.15, -0.1) is 37.7 Å². The second-order valence-electron chi connectivity index (χ2n) is 8.09. The summed E-state index contributed by atoms with van der Waals surface area (Å²) in [5, 5.41) is 0. The van der Waals surface area contributed by atoms with Crippen LogP contribution in [0.25, 0.3) is 0 Å². The Labute approximate surface area is 177 Å². The monoisotopic (exact) mass is 554 g/mol. The molecule has 0 radical (unpaired) electrons. The van der Waals surface area contributed by atoms with Gasteiger partial charge in [0.15, 0.2) is 0 Å². The molecule has 5 heteroatoms. The summed E-state index contributed by atoms with van der Waals surface area (Å²) in [5.41, 5.74) is 2.89. The molecule has 0 atom stereocenters. The van der Waals surface area contributed by atoms with E-state index in [2.05, 4.69) is 75.7 Å². The molecule has 2 rings (SSSR count). The first-order valence-electron chi connectivity index (χ1n) is 7.68. The topological polar surface area (TPSA) is 0 Å². The summed E-state index contributed by atoms with van der Waals surface area (Å²) in [6, 6.07) is 2.59. The van der Waals surface area contributed by atoms with Crippen molar-refractivity contribution in [1.29, 1.82) is 0 Å². The molecule has 0 saturated carbocycles. The summed E-state index contributed by atoms with van der Waals surface area (Å²) in [6.45, 7) is 14.4. The van der Waals surface area contributed by atoms with Gasteiger partial charge in [0, 0.05) is 42.0 Å². The van der Waals surface area contributed by atoms with Gasteiger partial charge in [0.25, 0.3) is 0 Å². The number of hydrogen-bond acceptors (Lipinski definition) is 0. The molecule has 0 heterocycles. The SMILES string of the molecule is C[Si](C)(C)CC1=[C-]CC=C1.C[Si](C)(C)CC1=[C-]CC=C1.Cl.Cl.[Hf]. The molecule has 0 aliphatic heterocycles. The second-order valence-corrected chi connectivity index (χ2v) is 19.0. The molecule has 0 spiro atoms. The van der Waals surface area contributed by atoms with Crippen LogP contribution in [-0.4, -0.2) is 16.1 Å². The van der Waals surface area contributed by atoms with E-state index in [4.69, 9.17) is 0 Å². The van der Waals surface area contributed by atoms with Gasteiger partial charge in [-0.2, -0.15) is 12.2 Å². The van der Waals surface area contributed by atoms with E-state index in [0.717, 1.165) is 12.8 Å². The summed E-state index contributed by atoms with van der Waals surface area (Å²) in [4.78, 5) is 0. The zero-order valence-electron chi connectivity index (χ0n) is 15.5.